The van der Waals surface area contributed by atoms with Crippen LogP contribution >= 0.6 is 0 Å². The number of amides is 2. The summed E-state index contributed by atoms with van der Waals surface area (Å²) in [5.74, 6) is 0.0359. The first-order valence-electron chi connectivity index (χ1n) is 13.7. The van der Waals surface area contributed by atoms with E-state index in [1.807, 2.05) is 27.7 Å². The maximum Gasteiger partial charge on any atom is 0.272 e. The second kappa shape index (κ2) is 11.9. The molecule has 2 aromatic carbocycles. The van der Waals surface area contributed by atoms with Gasteiger partial charge in [-0.2, -0.15) is 4.21 Å². The molecule has 12 nitrogen and oxygen atoms in total. The van der Waals surface area contributed by atoms with Crippen molar-refractivity contribution in [3.05, 3.63) is 65.1 Å². The maximum atomic E-state index is 13.5. The normalized spacial score (nSPS) is 14.8. The molecule has 1 fully saturated rings. The number of carbonyl (C=O) groups is 2. The van der Waals surface area contributed by atoms with E-state index in [2.05, 4.69) is 20.0 Å². The van der Waals surface area contributed by atoms with Crippen LogP contribution in [0, 0.1) is 6.92 Å². The van der Waals surface area contributed by atoms with Crippen molar-refractivity contribution >= 4 is 32.7 Å². The van der Waals surface area contributed by atoms with E-state index < -0.39 is 15.4 Å². The summed E-state index contributed by atoms with van der Waals surface area (Å²) in [6.45, 7) is 9.70. The van der Waals surface area contributed by atoms with Crippen LogP contribution in [-0.4, -0.2) is 81.4 Å². The quantitative estimate of drug-likeness (QED) is 0.334. The summed E-state index contributed by atoms with van der Waals surface area (Å²) >= 11 is 0. The number of nitrogens with zero attached hydrogens (tertiary/aromatic N) is 3. The van der Waals surface area contributed by atoms with Crippen molar-refractivity contribution in [3.63, 3.8) is 0 Å². The first-order valence-corrected chi connectivity index (χ1v) is 16.4. The molecule has 4 rings (SSSR count). The Balaban J connectivity index is 1.62. The van der Waals surface area contributed by atoms with Crippen molar-refractivity contribution in [2.75, 3.05) is 56.0 Å². The molecule has 0 radical (unpaired) electrons. The van der Waals surface area contributed by atoms with Crippen molar-refractivity contribution in [2.45, 2.75) is 33.1 Å². The monoisotopic (exact) mass is 613 g/mol. The van der Waals surface area contributed by atoms with Crippen LogP contribution < -0.4 is 19.5 Å². The van der Waals surface area contributed by atoms with Crippen molar-refractivity contribution in [1.82, 2.24) is 14.9 Å². The lowest BCUT2D eigenvalue weighted by molar-refractivity contribution is 0.0298. The average molecular weight is 614 g/mol. The van der Waals surface area contributed by atoms with Gasteiger partial charge in [0.2, 0.25) is 5.88 Å². The summed E-state index contributed by atoms with van der Waals surface area (Å²) in [7, 11) is -2.77. The third-order valence-electron chi connectivity index (χ3n) is 6.63. The summed E-state index contributed by atoms with van der Waals surface area (Å²) in [6.07, 6.45) is 3.66. The van der Waals surface area contributed by atoms with E-state index in [4.69, 9.17) is 14.2 Å². The topological polar surface area (TPSA) is 152 Å². The molecule has 1 saturated heterocycles. The molecule has 3 N–H and O–H groups in total. The second-order valence-corrected chi connectivity index (χ2v) is 15.6. The van der Waals surface area contributed by atoms with Crippen LogP contribution in [0.1, 0.15) is 52.7 Å². The summed E-state index contributed by atoms with van der Waals surface area (Å²) in [4.78, 5) is 36.3. The first kappa shape index (κ1) is 31.9. The van der Waals surface area contributed by atoms with Crippen LogP contribution in [-0.2, 0) is 19.7 Å². The van der Waals surface area contributed by atoms with Gasteiger partial charge in [-0.05, 0) is 47.7 Å². The lowest BCUT2D eigenvalue weighted by Crippen LogP contribution is -2.41. The number of morpholine rings is 1. The number of ether oxygens (including phenoxy) is 3. The van der Waals surface area contributed by atoms with Gasteiger partial charge in [0.05, 0.1) is 31.7 Å². The van der Waals surface area contributed by atoms with Crippen LogP contribution in [0.2, 0.25) is 0 Å². The number of carbonyl (C=O) groups excluding carboxylic acids is 2. The molecule has 2 heterocycles. The summed E-state index contributed by atoms with van der Waals surface area (Å²) < 4.78 is 42.8. The largest absolute Gasteiger partial charge is 0.492 e. The average Bonchev–Trinajstić information content (AvgIpc) is 2.92. The molecule has 0 aliphatic carbocycles. The van der Waals surface area contributed by atoms with Gasteiger partial charge in [0, 0.05) is 37.2 Å². The molecule has 13 heteroatoms. The second-order valence-electron chi connectivity index (χ2n) is 11.9. The van der Waals surface area contributed by atoms with Gasteiger partial charge in [-0.3, -0.25) is 18.9 Å². The Morgan fingerprint density at radius 3 is 2.35 bits per heavy atom. The van der Waals surface area contributed by atoms with Crippen LogP contribution in [0.25, 0.3) is 0 Å². The number of aromatic nitrogens is 2. The molecule has 0 saturated carbocycles. The highest BCUT2D eigenvalue weighted by Gasteiger charge is 2.25. The van der Waals surface area contributed by atoms with Crippen molar-refractivity contribution in [1.29, 1.82) is 0 Å². The summed E-state index contributed by atoms with van der Waals surface area (Å²) in [6, 6.07) is 9.95. The van der Waals surface area contributed by atoms with E-state index in [1.54, 1.807) is 35.2 Å². The Morgan fingerprint density at radius 2 is 1.72 bits per heavy atom. The highest BCUT2D eigenvalue weighted by atomic mass is 32.3. The zero-order valence-electron chi connectivity index (χ0n) is 25.5. The zero-order valence-corrected chi connectivity index (χ0v) is 26.3. The highest BCUT2D eigenvalue weighted by Crippen LogP contribution is 2.40. The number of anilines is 2. The number of hydrogen-bond acceptors (Lipinski definition) is 8. The lowest BCUT2D eigenvalue weighted by atomic mass is 9.86. The van der Waals surface area contributed by atoms with E-state index in [9.17, 15) is 18.4 Å². The van der Waals surface area contributed by atoms with E-state index in [1.165, 1.54) is 32.0 Å². The van der Waals surface area contributed by atoms with Gasteiger partial charge in [0.25, 0.3) is 11.8 Å². The minimum Gasteiger partial charge on any atom is -0.492 e. The molecule has 3 aromatic rings. The van der Waals surface area contributed by atoms with Gasteiger partial charge in [-0.1, -0.05) is 26.8 Å². The number of rotatable bonds is 8. The fourth-order valence-electron chi connectivity index (χ4n) is 4.36. The van der Waals surface area contributed by atoms with Gasteiger partial charge in [0.15, 0.2) is 5.75 Å². The maximum absolute atomic E-state index is 13.5. The minimum atomic E-state index is -4.19. The number of benzene rings is 2. The van der Waals surface area contributed by atoms with Crippen LogP contribution in [0.5, 0.6) is 17.4 Å². The van der Waals surface area contributed by atoms with E-state index in [0.717, 1.165) is 11.1 Å². The van der Waals surface area contributed by atoms with Crippen molar-refractivity contribution in [3.8, 4) is 17.4 Å². The fourth-order valence-corrected chi connectivity index (χ4v) is 5.14. The molecule has 0 unspecified atom stereocenters. The Labute approximate surface area is 251 Å². The lowest BCUT2D eigenvalue weighted by Gasteiger charge is -2.37. The number of methoxy groups -OCH3 is 1. The number of hydrogen-bond donors (Lipinski definition) is 3. The first-order chi connectivity index (χ1) is 20.0. The van der Waals surface area contributed by atoms with Gasteiger partial charge >= 0.3 is 0 Å². The van der Waals surface area contributed by atoms with Crippen LogP contribution in [0.15, 0.2) is 42.7 Å². The van der Waals surface area contributed by atoms with E-state index in [-0.39, 0.29) is 39.9 Å². The van der Waals surface area contributed by atoms with E-state index >= 15 is 0 Å². The third-order valence-corrected chi connectivity index (χ3v) is 7.44. The Hall–Kier alpha value is -4.07. The molecule has 1 aliphatic heterocycles. The molecule has 232 valence electrons. The van der Waals surface area contributed by atoms with Crippen molar-refractivity contribution in [2.24, 2.45) is 0 Å². The zero-order chi connectivity index (χ0) is 31.6. The molecule has 0 bridgehead atoms. The molecule has 43 heavy (non-hydrogen) atoms. The highest BCUT2D eigenvalue weighted by molar-refractivity contribution is 8.15. The molecular formula is C30H39N5O7S. The third kappa shape index (κ3) is 8.27. The summed E-state index contributed by atoms with van der Waals surface area (Å²) in [5.41, 5.74) is 2.28. The molecule has 0 spiro atoms. The van der Waals surface area contributed by atoms with Crippen LogP contribution in [0.4, 0.5) is 11.4 Å². The number of aryl methyl sites for hydroxylation is 1. The van der Waals surface area contributed by atoms with Gasteiger partial charge in [-0.25, -0.2) is 9.97 Å². The Kier molecular flexibility index (Phi) is 8.82. The fraction of sp³-hybridized carbons (Fsp3) is 0.400. The molecule has 1 aromatic heterocycles. The van der Waals surface area contributed by atoms with Gasteiger partial charge in [0.1, 0.15) is 17.8 Å². The molecular weight excluding hydrogens is 574 g/mol. The van der Waals surface area contributed by atoms with Crippen LogP contribution in [0.3, 0.4) is 0 Å². The molecule has 1 aliphatic rings. The van der Waals surface area contributed by atoms with Crippen molar-refractivity contribution < 1.29 is 32.6 Å². The van der Waals surface area contributed by atoms with Gasteiger partial charge in [-0.15, -0.1) is 9.53 Å². The predicted molar refractivity (Wildman–Crippen MR) is 166 cm³/mol. The predicted octanol–water partition coefficient (Wildman–Crippen LogP) is 4.49. The SMILES string of the molecule is COc1c(NC(=O)c2ccc(C)c(Oc3cc(C(=O)N4CCOCC4)ncn3)c2)cc(C(C)(C)C)cc1NS(C)(C)(=O)O. The standard InChI is InChI=1S/C30H39N5O7S/c1-19-8-9-20(14-25(19)42-26-17-24(31-18-32-26)29(37)35-10-12-41-13-11-35)28(36)33-22-15-21(30(2,3)4)16-23(27(22)40-5)34-43(6,7,38)39/h8-9,14-18H,10-13H2,1-7H3,(H,33,36)(H2,34,38,39). The smallest absolute Gasteiger partial charge is 0.272 e. The Bertz CT molecular complexity index is 1600. The molecule has 2 amide bonds. The van der Waals surface area contributed by atoms with Gasteiger partial charge < -0.3 is 24.4 Å². The summed E-state index contributed by atoms with van der Waals surface area (Å²) in [5, 5.41) is 2.88. The minimum absolute atomic E-state index is 0.156. The molecule has 0 atom stereocenters. The van der Waals surface area contributed by atoms with E-state index in [0.29, 0.717) is 37.7 Å². The Morgan fingerprint density at radius 1 is 1.05 bits per heavy atom. The number of nitrogens with one attached hydrogen (secondary N) is 2.